The zero-order valence-corrected chi connectivity index (χ0v) is 46.3. The van der Waals surface area contributed by atoms with Gasteiger partial charge in [0.1, 0.15) is 6.73 Å². The van der Waals surface area contributed by atoms with E-state index < -0.39 is 14.0 Å². The SMILES string of the molecule is CN(C)CCC(c1ccccc1)n1cc(N)cn1.CN(C)CCC(c1ccccc1)n1cc(NC(=O)c2n[nH]c3c2CCC2(CCCO2)C3)cn1.C[Si](C)(C)CCOCn1nc(C(=O)O)c2c1CC1(CCCO1)CC2. The third-order valence-electron chi connectivity index (χ3n) is 15.0. The van der Waals surface area contributed by atoms with Crippen molar-refractivity contribution in [2.75, 3.05) is 72.2 Å². The Morgan fingerprint density at radius 2 is 1.37 bits per heavy atom. The number of aromatic amines is 1. The van der Waals surface area contributed by atoms with Crippen LogP contribution in [0.15, 0.2) is 85.5 Å². The number of amides is 1. The van der Waals surface area contributed by atoms with Crippen LogP contribution in [0.3, 0.4) is 0 Å². The first-order chi connectivity index (χ1) is 36.0. The average molecular weight is 1050 g/mol. The van der Waals surface area contributed by atoms with Crippen molar-refractivity contribution in [1.29, 1.82) is 0 Å². The number of fused-ring (bicyclic) bond motifs is 2. The molecule has 2 saturated heterocycles. The summed E-state index contributed by atoms with van der Waals surface area (Å²) in [5.74, 6) is -1.14. The Morgan fingerprint density at radius 1 is 0.800 bits per heavy atom. The van der Waals surface area contributed by atoms with Crippen LogP contribution in [0.2, 0.25) is 25.7 Å². The monoisotopic (exact) mass is 1040 g/mol. The number of carboxylic acids is 1. The molecule has 1 amide bonds. The van der Waals surface area contributed by atoms with Crippen LogP contribution in [0.4, 0.5) is 11.4 Å². The molecular formula is C56H80N12O6Si. The standard InChI is InChI=1S/C25H32N6O2.C17H28N2O4Si.C14H20N4/c1-30(2)13-10-22(18-7-4-3-5-8-18)31-17-19(16-26-31)27-24(32)23-20-9-12-25(11-6-14-33-25)15-21(20)28-29-23;1-24(2,3)10-9-22-12-19-14-11-17(6-4-8-23-17)7-5-13(14)15(18-19)16(20)21;1-17(2)9-8-14(12-6-4-3-5-7-12)18-11-13(15)10-16-18/h3-5,7-8,16-17,22H,6,9-15H2,1-2H3,(H,27,32)(H,28,29);4-12H2,1-3H3,(H,20,21);3-7,10-11,14H,8-9,15H2,1-2H3. The van der Waals surface area contributed by atoms with Crippen LogP contribution in [0.1, 0.15) is 118 Å². The number of nitrogen functional groups attached to an aromatic ring is 1. The Labute approximate surface area is 443 Å². The van der Waals surface area contributed by atoms with Gasteiger partial charge in [0, 0.05) is 75.6 Å². The van der Waals surface area contributed by atoms with Crippen LogP contribution >= 0.6 is 0 Å². The van der Waals surface area contributed by atoms with Crippen molar-refractivity contribution in [1.82, 2.24) is 49.3 Å². The minimum Gasteiger partial charge on any atom is -0.476 e. The molecule has 18 nitrogen and oxygen atoms in total. The molecule has 75 heavy (non-hydrogen) atoms. The maximum atomic E-state index is 13.1. The summed E-state index contributed by atoms with van der Waals surface area (Å²) in [7, 11) is 7.18. The van der Waals surface area contributed by atoms with Crippen LogP contribution in [0, 0.1) is 0 Å². The van der Waals surface area contributed by atoms with Gasteiger partial charge < -0.3 is 40.2 Å². The van der Waals surface area contributed by atoms with Gasteiger partial charge in [0.2, 0.25) is 0 Å². The number of hydrogen-bond donors (Lipinski definition) is 4. The van der Waals surface area contributed by atoms with Gasteiger partial charge in [-0.1, -0.05) is 80.3 Å². The highest BCUT2D eigenvalue weighted by Gasteiger charge is 2.43. The molecule has 19 heteroatoms. The molecule has 2 fully saturated rings. The van der Waals surface area contributed by atoms with Crippen LogP contribution in [0.25, 0.3) is 0 Å². The minimum absolute atomic E-state index is 0.0621. The van der Waals surface area contributed by atoms with Crippen LogP contribution in [-0.2, 0) is 46.6 Å². The van der Waals surface area contributed by atoms with Crippen molar-refractivity contribution in [2.45, 2.75) is 133 Å². The van der Waals surface area contributed by atoms with Gasteiger partial charge in [0.25, 0.3) is 5.91 Å². The lowest BCUT2D eigenvalue weighted by Gasteiger charge is -2.33. The summed E-state index contributed by atoms with van der Waals surface area (Å²) in [5.41, 5.74) is 14.0. The number of nitrogens with one attached hydrogen (secondary N) is 2. The highest BCUT2D eigenvalue weighted by Crippen LogP contribution is 2.41. The first-order valence-corrected chi connectivity index (χ1v) is 30.5. The van der Waals surface area contributed by atoms with Gasteiger partial charge in [-0.3, -0.25) is 19.3 Å². The molecule has 5 N–H and O–H groups in total. The first kappa shape index (κ1) is 55.3. The van der Waals surface area contributed by atoms with Gasteiger partial charge in [-0.25, -0.2) is 9.48 Å². The number of anilines is 2. The summed E-state index contributed by atoms with van der Waals surface area (Å²) in [6.45, 7) is 11.6. The quantitative estimate of drug-likeness (QED) is 0.0472. The molecule has 10 rings (SSSR count). The second-order valence-corrected chi connectivity index (χ2v) is 28.2. The molecule has 0 bridgehead atoms. The number of nitrogens with zero attached hydrogens (tertiary/aromatic N) is 9. The predicted octanol–water partition coefficient (Wildman–Crippen LogP) is 8.38. The van der Waals surface area contributed by atoms with E-state index in [9.17, 15) is 14.7 Å². The second-order valence-electron chi connectivity index (χ2n) is 22.5. The maximum absolute atomic E-state index is 13.1. The number of carboxylic acid groups (broad SMARTS) is 1. The Balaban J connectivity index is 0.000000157. The van der Waals surface area contributed by atoms with Gasteiger partial charge in [0.05, 0.1) is 47.1 Å². The molecule has 4 aromatic heterocycles. The number of hydrogen-bond acceptors (Lipinski definition) is 12. The fraction of sp³-hybridized carbons (Fsp3) is 0.536. The van der Waals surface area contributed by atoms with E-state index in [0.717, 1.165) is 132 Å². The number of carbonyl (C=O) groups excluding carboxylic acids is 1. The molecule has 6 aromatic rings. The molecule has 404 valence electrons. The van der Waals surface area contributed by atoms with E-state index in [1.54, 1.807) is 17.1 Å². The van der Waals surface area contributed by atoms with E-state index in [-0.39, 0.29) is 34.9 Å². The zero-order chi connectivity index (χ0) is 53.2. The van der Waals surface area contributed by atoms with E-state index in [4.69, 9.17) is 19.9 Å². The largest absolute Gasteiger partial charge is 0.476 e. The van der Waals surface area contributed by atoms with Crippen molar-refractivity contribution in [3.63, 3.8) is 0 Å². The molecule has 4 aliphatic rings. The smallest absolute Gasteiger partial charge is 0.356 e. The Hall–Kier alpha value is -5.96. The minimum atomic E-state index is -1.13. The molecule has 0 saturated carbocycles. The topological polar surface area (TPSA) is 209 Å². The summed E-state index contributed by atoms with van der Waals surface area (Å²) in [4.78, 5) is 28.9. The van der Waals surface area contributed by atoms with E-state index in [1.165, 1.54) is 11.1 Å². The Morgan fingerprint density at radius 3 is 1.91 bits per heavy atom. The van der Waals surface area contributed by atoms with Crippen molar-refractivity contribution in [3.8, 4) is 0 Å². The third kappa shape index (κ3) is 14.5. The molecule has 0 radical (unpaired) electrons. The number of carbonyl (C=O) groups is 2. The molecule has 4 unspecified atom stereocenters. The number of benzene rings is 2. The van der Waals surface area contributed by atoms with Crippen LogP contribution in [0.5, 0.6) is 0 Å². The molecule has 4 atom stereocenters. The average Bonchev–Trinajstić information content (AvgIpc) is 4.28. The summed E-state index contributed by atoms with van der Waals surface area (Å²) in [5, 5.41) is 33.2. The molecule has 6 heterocycles. The first-order valence-electron chi connectivity index (χ1n) is 26.8. The number of nitrogens with two attached hydrogens (primary N) is 1. The second kappa shape index (κ2) is 24.8. The number of rotatable bonds is 18. The predicted molar refractivity (Wildman–Crippen MR) is 294 cm³/mol. The highest BCUT2D eigenvalue weighted by atomic mass is 28.3. The third-order valence-corrected chi connectivity index (χ3v) is 16.7. The number of aromatic carboxylic acids is 1. The van der Waals surface area contributed by atoms with Gasteiger partial charge >= 0.3 is 5.97 Å². The van der Waals surface area contributed by atoms with E-state index in [2.05, 4.69) is 125 Å². The Bertz CT molecular complexity index is 2770. The summed E-state index contributed by atoms with van der Waals surface area (Å²) < 4.78 is 23.5. The van der Waals surface area contributed by atoms with Crippen molar-refractivity contribution < 1.29 is 28.9 Å². The summed E-state index contributed by atoms with van der Waals surface area (Å²) >= 11 is 0. The molecule has 2 aliphatic heterocycles. The van der Waals surface area contributed by atoms with Gasteiger partial charge in [-0.15, -0.1) is 0 Å². The van der Waals surface area contributed by atoms with Crippen LogP contribution < -0.4 is 11.1 Å². The molecular weight excluding hydrogens is 965 g/mol. The number of H-pyrrole nitrogens is 1. The fourth-order valence-electron chi connectivity index (χ4n) is 10.8. The van der Waals surface area contributed by atoms with Gasteiger partial charge in [0.15, 0.2) is 11.4 Å². The van der Waals surface area contributed by atoms with E-state index in [0.29, 0.717) is 30.4 Å². The van der Waals surface area contributed by atoms with Gasteiger partial charge in [-0.2, -0.15) is 20.4 Å². The summed E-state index contributed by atoms with van der Waals surface area (Å²) in [6.07, 6.45) is 18.4. The van der Waals surface area contributed by atoms with Crippen molar-refractivity contribution >= 4 is 31.3 Å². The van der Waals surface area contributed by atoms with Gasteiger partial charge in [-0.05, 0) is 123 Å². The Kier molecular flexibility index (Phi) is 18.3. The normalized spacial score (nSPS) is 19.8. The fourth-order valence-corrected chi connectivity index (χ4v) is 11.6. The van der Waals surface area contributed by atoms with Crippen molar-refractivity contribution in [2.24, 2.45) is 0 Å². The molecule has 2 spiro atoms. The van der Waals surface area contributed by atoms with E-state index >= 15 is 0 Å². The lowest BCUT2D eigenvalue weighted by Crippen LogP contribution is -2.36. The summed E-state index contributed by atoms with van der Waals surface area (Å²) in [6, 6.07) is 22.2. The lowest BCUT2D eigenvalue weighted by atomic mass is 9.81. The maximum Gasteiger partial charge on any atom is 0.356 e. The molecule has 2 aliphatic carbocycles. The van der Waals surface area contributed by atoms with Crippen LogP contribution in [-0.4, -0.2) is 147 Å². The molecule has 2 aromatic carbocycles. The van der Waals surface area contributed by atoms with Crippen molar-refractivity contribution in [3.05, 3.63) is 130 Å². The van der Waals surface area contributed by atoms with E-state index in [1.807, 2.05) is 46.0 Å². The number of ether oxygens (including phenoxy) is 3. The highest BCUT2D eigenvalue weighted by molar-refractivity contribution is 6.76. The number of aromatic nitrogens is 8. The zero-order valence-electron chi connectivity index (χ0n) is 45.3. The lowest BCUT2D eigenvalue weighted by molar-refractivity contribution is -0.0105.